The van der Waals surface area contributed by atoms with Gasteiger partial charge in [-0.1, -0.05) is 6.07 Å². The number of hydrogen-bond donors (Lipinski definition) is 2. The summed E-state index contributed by atoms with van der Waals surface area (Å²) in [5.41, 5.74) is 6.77. The molecule has 0 fully saturated rings. The summed E-state index contributed by atoms with van der Waals surface area (Å²) < 4.78 is 28.5. The lowest BCUT2D eigenvalue weighted by Crippen LogP contribution is -2.08. The summed E-state index contributed by atoms with van der Waals surface area (Å²) in [4.78, 5) is 28.1. The SMILES string of the molecule is Cc1ccc(F)c(C(=O)c2c[nH]c3ncc(-c4cnc(N)cn4)cc23)c1F. The number of H-pyrrole nitrogens is 1. The van der Waals surface area contributed by atoms with Gasteiger partial charge in [0, 0.05) is 28.9 Å². The number of ketones is 1. The zero-order valence-electron chi connectivity index (χ0n) is 14.1. The number of nitrogens with two attached hydrogens (primary N) is 1. The number of aromatic nitrogens is 4. The summed E-state index contributed by atoms with van der Waals surface area (Å²) in [5.74, 6) is -2.27. The lowest BCUT2D eigenvalue weighted by Gasteiger charge is -2.06. The normalized spacial score (nSPS) is 11.1. The fourth-order valence-corrected chi connectivity index (χ4v) is 2.82. The summed E-state index contributed by atoms with van der Waals surface area (Å²) in [5, 5.41) is 0.427. The molecule has 0 saturated carbocycles. The van der Waals surface area contributed by atoms with Crippen LogP contribution in [0.3, 0.4) is 0 Å². The first kappa shape index (κ1) is 16.8. The Morgan fingerprint density at radius 3 is 2.67 bits per heavy atom. The highest BCUT2D eigenvalue weighted by molar-refractivity contribution is 6.16. The fourth-order valence-electron chi connectivity index (χ4n) is 2.82. The number of fused-ring (bicyclic) bond motifs is 1. The van der Waals surface area contributed by atoms with E-state index in [-0.39, 0.29) is 16.9 Å². The van der Waals surface area contributed by atoms with Crippen molar-refractivity contribution in [3.63, 3.8) is 0 Å². The number of benzene rings is 1. The minimum atomic E-state index is -0.911. The van der Waals surface area contributed by atoms with Crippen LogP contribution in [0.1, 0.15) is 21.5 Å². The van der Waals surface area contributed by atoms with E-state index >= 15 is 0 Å². The summed E-state index contributed by atoms with van der Waals surface area (Å²) in [7, 11) is 0. The standard InChI is InChI=1S/C19H13F2N5O/c1-9-2-3-13(20)16(17(9)21)18(27)12-6-26-19-11(12)4-10(5-25-19)14-7-24-15(22)8-23-14/h2-8H,1H3,(H2,22,24)(H,25,26). The Bertz CT molecular complexity index is 1180. The van der Waals surface area contributed by atoms with Gasteiger partial charge in [-0.2, -0.15) is 0 Å². The van der Waals surface area contributed by atoms with Gasteiger partial charge in [-0.15, -0.1) is 0 Å². The van der Waals surface area contributed by atoms with Gasteiger partial charge in [0.2, 0.25) is 5.78 Å². The molecule has 6 nitrogen and oxygen atoms in total. The molecule has 0 amide bonds. The van der Waals surface area contributed by atoms with Crippen LogP contribution in [0, 0.1) is 18.6 Å². The maximum Gasteiger partial charge on any atom is 0.201 e. The summed E-state index contributed by atoms with van der Waals surface area (Å²) >= 11 is 0. The lowest BCUT2D eigenvalue weighted by molar-refractivity contribution is 0.103. The van der Waals surface area contributed by atoms with E-state index in [1.807, 2.05) is 0 Å². The molecule has 27 heavy (non-hydrogen) atoms. The molecule has 0 radical (unpaired) electrons. The van der Waals surface area contributed by atoms with Crippen LogP contribution >= 0.6 is 0 Å². The Balaban J connectivity index is 1.86. The summed E-state index contributed by atoms with van der Waals surface area (Å²) in [6, 6.07) is 4.03. The van der Waals surface area contributed by atoms with Gasteiger partial charge in [0.15, 0.2) is 0 Å². The average Bonchev–Trinajstić information content (AvgIpc) is 3.09. The quantitative estimate of drug-likeness (QED) is 0.542. The maximum absolute atomic E-state index is 14.4. The molecule has 134 valence electrons. The molecule has 0 atom stereocenters. The number of nitrogens with one attached hydrogen (secondary N) is 1. The number of carbonyl (C=O) groups excluding carboxylic acids is 1. The number of hydrogen-bond acceptors (Lipinski definition) is 5. The van der Waals surface area contributed by atoms with Gasteiger partial charge in [0.05, 0.1) is 23.7 Å². The first-order valence-electron chi connectivity index (χ1n) is 8.00. The smallest absolute Gasteiger partial charge is 0.201 e. The number of nitrogen functional groups attached to an aromatic ring is 1. The first-order chi connectivity index (χ1) is 13.0. The molecule has 0 aliphatic heterocycles. The van der Waals surface area contributed by atoms with Crippen molar-refractivity contribution in [2.24, 2.45) is 0 Å². The number of aromatic amines is 1. The molecule has 0 unspecified atom stereocenters. The predicted octanol–water partition coefficient (Wildman–Crippen LogP) is 3.42. The van der Waals surface area contributed by atoms with Gasteiger partial charge >= 0.3 is 0 Å². The molecule has 0 saturated heterocycles. The number of rotatable bonds is 3. The molecule has 0 spiro atoms. The number of anilines is 1. The van der Waals surface area contributed by atoms with Crippen molar-refractivity contribution in [2.45, 2.75) is 6.92 Å². The van der Waals surface area contributed by atoms with Crippen LogP contribution in [-0.4, -0.2) is 25.7 Å². The van der Waals surface area contributed by atoms with E-state index in [0.717, 1.165) is 6.07 Å². The Labute approximate surface area is 152 Å². The van der Waals surface area contributed by atoms with E-state index in [4.69, 9.17) is 5.73 Å². The highest BCUT2D eigenvalue weighted by atomic mass is 19.1. The lowest BCUT2D eigenvalue weighted by atomic mass is 9.99. The highest BCUT2D eigenvalue weighted by Gasteiger charge is 2.23. The van der Waals surface area contributed by atoms with Gasteiger partial charge in [0.1, 0.15) is 23.1 Å². The second-order valence-corrected chi connectivity index (χ2v) is 6.03. The molecule has 3 heterocycles. The largest absolute Gasteiger partial charge is 0.382 e. The van der Waals surface area contributed by atoms with E-state index < -0.39 is 23.0 Å². The Morgan fingerprint density at radius 1 is 1.11 bits per heavy atom. The van der Waals surface area contributed by atoms with Crippen molar-refractivity contribution in [1.29, 1.82) is 0 Å². The van der Waals surface area contributed by atoms with E-state index in [9.17, 15) is 13.6 Å². The van der Waals surface area contributed by atoms with Crippen LogP contribution in [-0.2, 0) is 0 Å². The van der Waals surface area contributed by atoms with Crippen molar-refractivity contribution in [1.82, 2.24) is 19.9 Å². The molecule has 0 aliphatic carbocycles. The van der Waals surface area contributed by atoms with Gasteiger partial charge in [-0.05, 0) is 24.6 Å². The zero-order chi connectivity index (χ0) is 19.1. The van der Waals surface area contributed by atoms with Crippen molar-refractivity contribution < 1.29 is 13.6 Å². The number of halogens is 2. The maximum atomic E-state index is 14.4. The molecule has 3 aromatic heterocycles. The molecular weight excluding hydrogens is 352 g/mol. The first-order valence-corrected chi connectivity index (χ1v) is 8.00. The molecule has 0 aliphatic rings. The second-order valence-electron chi connectivity index (χ2n) is 6.03. The number of aryl methyl sites for hydroxylation is 1. The van der Waals surface area contributed by atoms with Crippen LogP contribution in [0.25, 0.3) is 22.3 Å². The minimum Gasteiger partial charge on any atom is -0.382 e. The molecule has 4 rings (SSSR count). The topological polar surface area (TPSA) is 97.5 Å². The van der Waals surface area contributed by atoms with Gasteiger partial charge in [-0.25, -0.2) is 18.7 Å². The summed E-state index contributed by atoms with van der Waals surface area (Å²) in [6.45, 7) is 1.47. The Kier molecular flexibility index (Phi) is 3.88. The van der Waals surface area contributed by atoms with E-state index in [1.54, 1.807) is 12.3 Å². The van der Waals surface area contributed by atoms with Crippen molar-refractivity contribution >= 4 is 22.6 Å². The van der Waals surface area contributed by atoms with Crippen LogP contribution in [0.5, 0.6) is 0 Å². The molecule has 3 N–H and O–H groups in total. The Hall–Kier alpha value is -3.68. The van der Waals surface area contributed by atoms with E-state index in [1.165, 1.54) is 31.6 Å². The third-order valence-corrected chi connectivity index (χ3v) is 4.25. The molecule has 4 aromatic rings. The molecule has 0 bridgehead atoms. The third-order valence-electron chi connectivity index (χ3n) is 4.25. The Morgan fingerprint density at radius 2 is 1.93 bits per heavy atom. The fraction of sp³-hybridized carbons (Fsp3) is 0.0526. The summed E-state index contributed by atoms with van der Waals surface area (Å²) in [6.07, 6.45) is 5.83. The van der Waals surface area contributed by atoms with Crippen LogP contribution < -0.4 is 5.73 Å². The van der Waals surface area contributed by atoms with Gasteiger partial charge < -0.3 is 10.7 Å². The van der Waals surface area contributed by atoms with Gasteiger partial charge in [-0.3, -0.25) is 9.78 Å². The van der Waals surface area contributed by atoms with Crippen LogP contribution in [0.2, 0.25) is 0 Å². The molecule has 1 aromatic carbocycles. The third kappa shape index (κ3) is 2.80. The average molecular weight is 365 g/mol. The van der Waals surface area contributed by atoms with E-state index in [2.05, 4.69) is 19.9 Å². The second kappa shape index (κ2) is 6.24. The zero-order valence-corrected chi connectivity index (χ0v) is 14.1. The highest BCUT2D eigenvalue weighted by Crippen LogP contribution is 2.27. The van der Waals surface area contributed by atoms with E-state index in [0.29, 0.717) is 22.3 Å². The van der Waals surface area contributed by atoms with Gasteiger partial charge in [0.25, 0.3) is 0 Å². The monoisotopic (exact) mass is 365 g/mol. The molecule has 8 heteroatoms. The van der Waals surface area contributed by atoms with Crippen molar-refractivity contribution in [3.05, 3.63) is 71.3 Å². The number of nitrogens with zero attached hydrogens (tertiary/aromatic N) is 3. The number of pyridine rings is 1. The van der Waals surface area contributed by atoms with Crippen molar-refractivity contribution in [3.8, 4) is 11.3 Å². The van der Waals surface area contributed by atoms with Crippen LogP contribution in [0.15, 0.2) is 43.0 Å². The van der Waals surface area contributed by atoms with Crippen LogP contribution in [0.4, 0.5) is 14.6 Å². The minimum absolute atomic E-state index is 0.117. The van der Waals surface area contributed by atoms with Crippen molar-refractivity contribution in [2.75, 3.05) is 5.73 Å². The predicted molar refractivity (Wildman–Crippen MR) is 96.1 cm³/mol. The number of carbonyl (C=O) groups is 1. The molecular formula is C19H13F2N5O.